The van der Waals surface area contributed by atoms with E-state index in [0.717, 1.165) is 32.1 Å². The first-order chi connectivity index (χ1) is 25.8. The van der Waals surface area contributed by atoms with Gasteiger partial charge in [0.15, 0.2) is 6.10 Å². The monoisotopic (exact) mass is 773 g/mol. The standard InChI is InChI=1S/C44H85O8P/c1-3-5-7-9-11-13-15-17-18-19-20-21-22-23-24-25-26-27-29-31-33-35-37-39-44(46)52-42(41-51-53(47,48)49)40-50-43(45)38-36-34-32-30-28-16-14-12-10-8-6-4-2/h31,33,42H,3-30,32,34-41H2,1-2H3,(H2,47,48,49)/b33-31+/t42-/m1/s1. The Morgan fingerprint density at radius 1 is 0.472 bits per heavy atom. The molecule has 0 aromatic rings. The number of phosphoric acid groups is 1. The second kappa shape index (κ2) is 40.5. The number of unbranched alkanes of at least 4 members (excludes halogenated alkanes) is 30. The zero-order valence-electron chi connectivity index (χ0n) is 34.7. The maximum absolute atomic E-state index is 12.4. The summed E-state index contributed by atoms with van der Waals surface area (Å²) in [6.45, 7) is 3.69. The fourth-order valence-corrected chi connectivity index (χ4v) is 7.03. The summed E-state index contributed by atoms with van der Waals surface area (Å²) >= 11 is 0. The Bertz CT molecular complexity index is 873. The van der Waals surface area contributed by atoms with Crippen LogP contribution in [0.2, 0.25) is 0 Å². The summed E-state index contributed by atoms with van der Waals surface area (Å²) in [6.07, 6.45) is 45.3. The van der Waals surface area contributed by atoms with Gasteiger partial charge >= 0.3 is 19.8 Å². The van der Waals surface area contributed by atoms with Gasteiger partial charge in [-0.1, -0.05) is 206 Å². The number of carbonyl (C=O) groups is 2. The zero-order chi connectivity index (χ0) is 38.9. The lowest BCUT2D eigenvalue weighted by Gasteiger charge is -2.18. The van der Waals surface area contributed by atoms with E-state index in [-0.39, 0.29) is 19.4 Å². The second-order valence-corrected chi connectivity index (χ2v) is 16.6. The Hall–Kier alpha value is -1.21. The fraction of sp³-hybridized carbons (Fsp3) is 0.909. The van der Waals surface area contributed by atoms with Gasteiger partial charge in [0.05, 0.1) is 6.61 Å². The van der Waals surface area contributed by atoms with Crippen LogP contribution in [0.4, 0.5) is 0 Å². The third-order valence-corrected chi connectivity index (χ3v) is 10.5. The average Bonchev–Trinajstić information content (AvgIpc) is 3.13. The van der Waals surface area contributed by atoms with Crippen LogP contribution in [-0.2, 0) is 28.2 Å². The molecule has 0 aromatic carbocycles. The summed E-state index contributed by atoms with van der Waals surface area (Å²) in [5.41, 5.74) is 0. The van der Waals surface area contributed by atoms with Gasteiger partial charge in [-0.3, -0.25) is 14.1 Å². The summed E-state index contributed by atoms with van der Waals surface area (Å²) in [6, 6.07) is 0. The van der Waals surface area contributed by atoms with Gasteiger partial charge in [-0.25, -0.2) is 4.57 Å². The molecule has 0 radical (unpaired) electrons. The summed E-state index contributed by atoms with van der Waals surface area (Å²) in [5, 5.41) is 0. The highest BCUT2D eigenvalue weighted by molar-refractivity contribution is 7.46. The van der Waals surface area contributed by atoms with Crippen LogP contribution in [0, 0.1) is 0 Å². The molecule has 0 saturated heterocycles. The first-order valence-electron chi connectivity index (χ1n) is 22.5. The molecule has 2 N–H and O–H groups in total. The summed E-state index contributed by atoms with van der Waals surface area (Å²) in [7, 11) is -4.75. The van der Waals surface area contributed by atoms with Crippen molar-refractivity contribution in [2.24, 2.45) is 0 Å². The number of rotatable bonds is 42. The van der Waals surface area contributed by atoms with Crippen LogP contribution in [0.25, 0.3) is 0 Å². The first kappa shape index (κ1) is 51.8. The van der Waals surface area contributed by atoms with Crippen LogP contribution in [0.1, 0.15) is 239 Å². The van der Waals surface area contributed by atoms with Crippen LogP contribution >= 0.6 is 7.82 Å². The third-order valence-electron chi connectivity index (χ3n) is 10.0. The minimum absolute atomic E-state index is 0.169. The van der Waals surface area contributed by atoms with Gasteiger partial charge in [-0.05, 0) is 32.1 Å². The molecule has 0 saturated carbocycles. The lowest BCUT2D eigenvalue weighted by molar-refractivity contribution is -0.161. The van der Waals surface area contributed by atoms with Crippen molar-refractivity contribution < 1.29 is 37.9 Å². The van der Waals surface area contributed by atoms with Crippen molar-refractivity contribution in [1.29, 1.82) is 0 Å². The molecule has 0 fully saturated rings. The number of phosphoric ester groups is 1. The minimum Gasteiger partial charge on any atom is -0.462 e. The highest BCUT2D eigenvalue weighted by Crippen LogP contribution is 2.36. The molecule has 0 aliphatic carbocycles. The molecule has 0 heterocycles. The van der Waals surface area contributed by atoms with Crippen molar-refractivity contribution in [3.05, 3.63) is 12.2 Å². The fourth-order valence-electron chi connectivity index (χ4n) is 6.67. The van der Waals surface area contributed by atoms with E-state index in [9.17, 15) is 14.2 Å². The van der Waals surface area contributed by atoms with Crippen molar-refractivity contribution in [3.8, 4) is 0 Å². The zero-order valence-corrected chi connectivity index (χ0v) is 35.6. The van der Waals surface area contributed by atoms with Gasteiger partial charge in [-0.15, -0.1) is 0 Å². The van der Waals surface area contributed by atoms with E-state index in [1.807, 2.05) is 0 Å². The van der Waals surface area contributed by atoms with E-state index >= 15 is 0 Å². The molecule has 0 bridgehead atoms. The van der Waals surface area contributed by atoms with E-state index in [1.54, 1.807) is 0 Å². The number of carbonyl (C=O) groups excluding carboxylic acids is 2. The molecule has 0 amide bonds. The van der Waals surface area contributed by atoms with Crippen molar-refractivity contribution in [1.82, 2.24) is 0 Å². The largest absolute Gasteiger partial charge is 0.469 e. The Kier molecular flexibility index (Phi) is 39.5. The second-order valence-electron chi connectivity index (χ2n) is 15.4. The number of allylic oxidation sites excluding steroid dienone is 2. The Labute approximate surface area is 327 Å². The van der Waals surface area contributed by atoms with Crippen molar-refractivity contribution in [2.75, 3.05) is 13.2 Å². The predicted octanol–water partition coefficient (Wildman–Crippen LogP) is 13.8. The quantitative estimate of drug-likeness (QED) is 0.0272. The SMILES string of the molecule is CCCCCCCCCCCCCCCCCCCC/C=C/CCCC(=O)O[C@H](COC(=O)CCCCCCCCCCCCCC)COP(=O)(O)O. The molecule has 53 heavy (non-hydrogen) atoms. The van der Waals surface area contributed by atoms with Gasteiger partial charge in [0, 0.05) is 12.8 Å². The van der Waals surface area contributed by atoms with E-state index in [1.165, 1.54) is 173 Å². The van der Waals surface area contributed by atoms with Crippen LogP contribution in [-0.4, -0.2) is 41.0 Å². The maximum Gasteiger partial charge on any atom is 0.469 e. The van der Waals surface area contributed by atoms with E-state index in [2.05, 4.69) is 30.5 Å². The molecule has 1 atom stereocenters. The third kappa shape index (κ3) is 43.4. The topological polar surface area (TPSA) is 119 Å². The molecule has 314 valence electrons. The minimum atomic E-state index is -4.75. The van der Waals surface area contributed by atoms with Crippen LogP contribution in [0.15, 0.2) is 12.2 Å². The molecule has 0 aliphatic rings. The molecule has 9 heteroatoms. The Morgan fingerprint density at radius 3 is 1.21 bits per heavy atom. The molecule has 0 aromatic heterocycles. The highest BCUT2D eigenvalue weighted by atomic mass is 31.2. The number of ether oxygens (including phenoxy) is 2. The van der Waals surface area contributed by atoms with E-state index in [0.29, 0.717) is 6.42 Å². The molecular formula is C44H85O8P. The number of esters is 2. The maximum atomic E-state index is 12.4. The highest BCUT2D eigenvalue weighted by Gasteiger charge is 2.22. The lowest BCUT2D eigenvalue weighted by atomic mass is 10.0. The number of hydrogen-bond donors (Lipinski definition) is 2. The van der Waals surface area contributed by atoms with Crippen molar-refractivity contribution in [2.45, 2.75) is 245 Å². The Balaban J connectivity index is 3.83. The van der Waals surface area contributed by atoms with E-state index < -0.39 is 32.5 Å². The molecule has 0 spiro atoms. The van der Waals surface area contributed by atoms with Gasteiger partial charge in [0.2, 0.25) is 0 Å². The van der Waals surface area contributed by atoms with Crippen molar-refractivity contribution >= 4 is 19.8 Å². The van der Waals surface area contributed by atoms with Crippen LogP contribution in [0.3, 0.4) is 0 Å². The first-order valence-corrected chi connectivity index (χ1v) is 24.0. The number of hydrogen-bond acceptors (Lipinski definition) is 6. The smallest absolute Gasteiger partial charge is 0.462 e. The van der Waals surface area contributed by atoms with Crippen LogP contribution in [0.5, 0.6) is 0 Å². The summed E-state index contributed by atoms with van der Waals surface area (Å²) in [5.74, 6) is -0.910. The molecule has 0 aliphatic heterocycles. The predicted molar refractivity (Wildman–Crippen MR) is 221 cm³/mol. The van der Waals surface area contributed by atoms with Gasteiger partial charge in [0.25, 0.3) is 0 Å². The summed E-state index contributed by atoms with van der Waals surface area (Å²) in [4.78, 5) is 42.8. The molecular weight excluding hydrogens is 687 g/mol. The molecule has 0 rings (SSSR count). The van der Waals surface area contributed by atoms with Gasteiger partial charge < -0.3 is 19.3 Å². The van der Waals surface area contributed by atoms with Crippen LogP contribution < -0.4 is 0 Å². The lowest BCUT2D eigenvalue weighted by Crippen LogP contribution is -2.29. The average molecular weight is 773 g/mol. The van der Waals surface area contributed by atoms with Gasteiger partial charge in [-0.2, -0.15) is 0 Å². The summed E-state index contributed by atoms with van der Waals surface area (Å²) < 4.78 is 26.4. The normalized spacial score (nSPS) is 12.5. The van der Waals surface area contributed by atoms with E-state index in [4.69, 9.17) is 19.3 Å². The molecule has 8 nitrogen and oxygen atoms in total. The molecule has 0 unspecified atom stereocenters. The van der Waals surface area contributed by atoms with Gasteiger partial charge in [0.1, 0.15) is 6.61 Å². The van der Waals surface area contributed by atoms with Crippen molar-refractivity contribution in [3.63, 3.8) is 0 Å². The Morgan fingerprint density at radius 2 is 0.811 bits per heavy atom.